The van der Waals surface area contributed by atoms with Gasteiger partial charge in [0.05, 0.1) is 12.2 Å². The van der Waals surface area contributed by atoms with Gasteiger partial charge in [0, 0.05) is 56.9 Å². The van der Waals surface area contributed by atoms with E-state index >= 15 is 0 Å². The Morgan fingerprint density at radius 1 is 1.22 bits per heavy atom. The molecule has 0 atom stereocenters. The number of piperazine rings is 1. The number of anilines is 1. The molecule has 1 saturated heterocycles. The number of aliphatic imine (C=N–C) groups is 1. The molecule has 148 valence electrons. The van der Waals surface area contributed by atoms with Crippen molar-refractivity contribution in [2.75, 3.05) is 37.6 Å². The summed E-state index contributed by atoms with van der Waals surface area (Å²) in [6.07, 6.45) is 2.67. The Hall–Kier alpha value is -1.56. The third-order valence-corrected chi connectivity index (χ3v) is 5.00. The summed E-state index contributed by atoms with van der Waals surface area (Å²) < 4.78 is 4.39. The SMILES string of the molecule is CCNC(=NCc1ccnc(C)n1)N1CCN(c2nc(CC)ns2)CC1.I. The Kier molecular flexibility index (Phi) is 8.61. The molecule has 2 aromatic heterocycles. The number of aromatic nitrogens is 4. The van der Waals surface area contributed by atoms with Crippen molar-refractivity contribution >= 4 is 46.6 Å². The number of nitrogens with zero attached hydrogens (tertiary/aromatic N) is 7. The Balaban J connectivity index is 0.00000261. The minimum Gasteiger partial charge on any atom is -0.357 e. The lowest BCUT2D eigenvalue weighted by atomic mass is 10.3. The number of rotatable bonds is 5. The van der Waals surface area contributed by atoms with Gasteiger partial charge in [-0.15, -0.1) is 24.0 Å². The maximum absolute atomic E-state index is 4.76. The summed E-state index contributed by atoms with van der Waals surface area (Å²) in [6, 6.07) is 1.92. The molecule has 3 rings (SSSR count). The smallest absolute Gasteiger partial charge is 0.205 e. The molecule has 27 heavy (non-hydrogen) atoms. The lowest BCUT2D eigenvalue weighted by Gasteiger charge is -2.36. The zero-order valence-electron chi connectivity index (χ0n) is 16.1. The zero-order chi connectivity index (χ0) is 18.4. The second kappa shape index (κ2) is 10.7. The van der Waals surface area contributed by atoms with Crippen molar-refractivity contribution in [1.82, 2.24) is 29.5 Å². The number of guanidine groups is 1. The van der Waals surface area contributed by atoms with Crippen LogP contribution in [-0.2, 0) is 13.0 Å². The minimum atomic E-state index is 0. The van der Waals surface area contributed by atoms with Gasteiger partial charge in [-0.3, -0.25) is 0 Å². The van der Waals surface area contributed by atoms with E-state index in [4.69, 9.17) is 4.99 Å². The molecule has 0 bridgehead atoms. The van der Waals surface area contributed by atoms with E-state index < -0.39 is 0 Å². The fraction of sp³-hybridized carbons (Fsp3) is 0.588. The monoisotopic (exact) mass is 502 g/mol. The standard InChI is InChI=1S/C17H26N8S.HI/c1-4-15-22-17(26-23-15)25-10-8-24(9-11-25)16(18-5-2)20-12-14-6-7-19-13(3)21-14;/h6-7H,4-5,8-12H2,1-3H3,(H,18,20);1H. The Labute approximate surface area is 181 Å². The van der Waals surface area contributed by atoms with Crippen LogP contribution in [-0.4, -0.2) is 62.9 Å². The molecule has 0 aliphatic carbocycles. The molecule has 10 heteroatoms. The lowest BCUT2D eigenvalue weighted by Crippen LogP contribution is -2.52. The van der Waals surface area contributed by atoms with Gasteiger partial charge in [0.15, 0.2) is 5.96 Å². The molecule has 3 heterocycles. The summed E-state index contributed by atoms with van der Waals surface area (Å²) >= 11 is 1.50. The van der Waals surface area contributed by atoms with Crippen LogP contribution in [0.3, 0.4) is 0 Å². The summed E-state index contributed by atoms with van der Waals surface area (Å²) in [6.45, 7) is 11.2. The quantitative estimate of drug-likeness (QED) is 0.381. The molecule has 0 spiro atoms. The summed E-state index contributed by atoms with van der Waals surface area (Å²) in [5.74, 6) is 2.65. The van der Waals surface area contributed by atoms with Crippen molar-refractivity contribution in [3.63, 3.8) is 0 Å². The van der Waals surface area contributed by atoms with Crippen LogP contribution in [0.5, 0.6) is 0 Å². The van der Waals surface area contributed by atoms with Gasteiger partial charge in [0.2, 0.25) is 5.13 Å². The van der Waals surface area contributed by atoms with Crippen molar-refractivity contribution in [3.05, 3.63) is 29.6 Å². The van der Waals surface area contributed by atoms with Gasteiger partial charge in [-0.05, 0) is 19.9 Å². The average molecular weight is 502 g/mol. The van der Waals surface area contributed by atoms with E-state index in [0.717, 1.165) is 67.6 Å². The third-order valence-electron chi connectivity index (χ3n) is 4.18. The topological polar surface area (TPSA) is 82.4 Å². The van der Waals surface area contributed by atoms with E-state index in [0.29, 0.717) is 6.54 Å². The first-order chi connectivity index (χ1) is 12.7. The number of hydrogen-bond donors (Lipinski definition) is 1. The van der Waals surface area contributed by atoms with Crippen LogP contribution < -0.4 is 10.2 Å². The number of halogens is 1. The van der Waals surface area contributed by atoms with Crippen molar-refractivity contribution in [2.45, 2.75) is 33.7 Å². The molecule has 0 radical (unpaired) electrons. The van der Waals surface area contributed by atoms with Crippen LogP contribution in [0.15, 0.2) is 17.3 Å². The first-order valence-corrected chi connectivity index (χ1v) is 9.86. The van der Waals surface area contributed by atoms with E-state index in [1.807, 2.05) is 13.0 Å². The van der Waals surface area contributed by atoms with E-state index in [-0.39, 0.29) is 24.0 Å². The first-order valence-electron chi connectivity index (χ1n) is 9.09. The highest BCUT2D eigenvalue weighted by Crippen LogP contribution is 2.19. The van der Waals surface area contributed by atoms with E-state index in [1.54, 1.807) is 6.20 Å². The fourth-order valence-corrected chi connectivity index (χ4v) is 3.60. The number of hydrogen-bond acceptors (Lipinski definition) is 7. The maximum Gasteiger partial charge on any atom is 0.205 e. The Bertz CT molecular complexity index is 742. The minimum absolute atomic E-state index is 0. The molecule has 0 aromatic carbocycles. The molecule has 1 fully saturated rings. The van der Waals surface area contributed by atoms with Crippen LogP contribution in [0, 0.1) is 6.92 Å². The molecule has 2 aromatic rings. The van der Waals surface area contributed by atoms with Crippen LogP contribution in [0.25, 0.3) is 0 Å². The molecular weight excluding hydrogens is 475 g/mol. The van der Waals surface area contributed by atoms with Crippen LogP contribution >= 0.6 is 35.5 Å². The van der Waals surface area contributed by atoms with Crippen LogP contribution in [0.4, 0.5) is 5.13 Å². The first kappa shape index (κ1) is 21.7. The summed E-state index contributed by atoms with van der Waals surface area (Å²) in [5, 5.41) is 4.42. The van der Waals surface area contributed by atoms with Gasteiger partial charge in [-0.1, -0.05) is 6.92 Å². The van der Waals surface area contributed by atoms with Crippen LogP contribution in [0.2, 0.25) is 0 Å². The average Bonchev–Trinajstić information content (AvgIpc) is 3.15. The molecule has 0 saturated carbocycles. The van der Waals surface area contributed by atoms with Gasteiger partial charge < -0.3 is 15.1 Å². The number of nitrogens with one attached hydrogen (secondary N) is 1. The predicted octanol–water partition coefficient (Wildman–Crippen LogP) is 2.10. The molecule has 1 aliphatic rings. The van der Waals surface area contributed by atoms with Crippen molar-refractivity contribution in [2.24, 2.45) is 4.99 Å². The molecule has 0 amide bonds. The zero-order valence-corrected chi connectivity index (χ0v) is 19.2. The normalized spacial score (nSPS) is 14.9. The van der Waals surface area contributed by atoms with E-state index in [1.165, 1.54) is 11.5 Å². The lowest BCUT2D eigenvalue weighted by molar-refractivity contribution is 0.372. The summed E-state index contributed by atoms with van der Waals surface area (Å²) in [4.78, 5) is 22.5. The van der Waals surface area contributed by atoms with Crippen molar-refractivity contribution in [1.29, 1.82) is 0 Å². The Morgan fingerprint density at radius 3 is 2.63 bits per heavy atom. The van der Waals surface area contributed by atoms with Gasteiger partial charge in [0.1, 0.15) is 11.6 Å². The second-order valence-corrected chi connectivity index (χ2v) is 6.82. The predicted molar refractivity (Wildman–Crippen MR) is 120 cm³/mol. The molecule has 1 aliphatic heterocycles. The molecule has 0 unspecified atom stereocenters. The fourth-order valence-electron chi connectivity index (χ4n) is 2.80. The van der Waals surface area contributed by atoms with Gasteiger partial charge in [0.25, 0.3) is 0 Å². The molecule has 8 nitrogen and oxygen atoms in total. The highest BCUT2D eigenvalue weighted by atomic mass is 127. The summed E-state index contributed by atoms with van der Waals surface area (Å²) in [7, 11) is 0. The third kappa shape index (κ3) is 5.96. The van der Waals surface area contributed by atoms with E-state index in [9.17, 15) is 0 Å². The largest absolute Gasteiger partial charge is 0.357 e. The van der Waals surface area contributed by atoms with Crippen molar-refractivity contribution in [3.8, 4) is 0 Å². The van der Waals surface area contributed by atoms with Gasteiger partial charge in [-0.25, -0.2) is 19.9 Å². The van der Waals surface area contributed by atoms with Gasteiger partial charge >= 0.3 is 0 Å². The summed E-state index contributed by atoms with van der Waals surface area (Å²) in [5.41, 5.74) is 0.937. The van der Waals surface area contributed by atoms with Crippen LogP contribution in [0.1, 0.15) is 31.2 Å². The second-order valence-electron chi connectivity index (χ2n) is 6.09. The molecular formula is C17H27IN8S. The Morgan fingerprint density at radius 2 is 2.00 bits per heavy atom. The highest BCUT2D eigenvalue weighted by Gasteiger charge is 2.22. The highest BCUT2D eigenvalue weighted by molar-refractivity contribution is 14.0. The van der Waals surface area contributed by atoms with Gasteiger partial charge in [-0.2, -0.15) is 4.37 Å². The maximum atomic E-state index is 4.76. The van der Waals surface area contributed by atoms with E-state index in [2.05, 4.69) is 48.3 Å². The number of aryl methyl sites for hydroxylation is 2. The molecule has 1 N–H and O–H groups in total. The van der Waals surface area contributed by atoms with Crippen molar-refractivity contribution < 1.29 is 0 Å².